The molecule has 1 aromatic rings. The Balaban J connectivity index is 1.63. The maximum absolute atomic E-state index is 12.8. The number of benzene rings is 1. The van der Waals surface area contributed by atoms with Crippen LogP contribution in [0.1, 0.15) is 44.9 Å². The van der Waals surface area contributed by atoms with Gasteiger partial charge in [0.15, 0.2) is 0 Å². The molecule has 0 spiro atoms. The first-order chi connectivity index (χ1) is 11.6. The lowest BCUT2D eigenvalue weighted by Gasteiger charge is -2.20. The molecule has 0 saturated heterocycles. The monoisotopic (exact) mass is 335 g/mol. The van der Waals surface area contributed by atoms with Crippen LogP contribution in [0.5, 0.6) is 0 Å². The Labute approximate surface area is 142 Å². The molecule has 3 N–H and O–H groups in total. The third kappa shape index (κ3) is 7.08. The average molecular weight is 335 g/mol. The lowest BCUT2D eigenvalue weighted by atomic mass is 9.97. The third-order valence-corrected chi connectivity index (χ3v) is 4.23. The van der Waals surface area contributed by atoms with E-state index in [2.05, 4.69) is 16.0 Å². The number of carbonyl (C=O) groups is 2. The van der Waals surface area contributed by atoms with Crippen molar-refractivity contribution in [3.8, 4) is 0 Å². The summed E-state index contributed by atoms with van der Waals surface area (Å²) in [5.74, 6) is -0.881. The van der Waals surface area contributed by atoms with Crippen LogP contribution < -0.4 is 16.0 Å². The van der Waals surface area contributed by atoms with Crippen LogP contribution >= 0.6 is 0 Å². The second-order valence-corrected chi connectivity index (χ2v) is 6.25. The first-order valence-electron chi connectivity index (χ1n) is 8.69. The lowest BCUT2D eigenvalue weighted by Crippen LogP contribution is -2.41. The molecule has 5 nitrogen and oxygen atoms in total. The van der Waals surface area contributed by atoms with Crippen molar-refractivity contribution in [3.63, 3.8) is 0 Å². The van der Waals surface area contributed by atoms with Crippen molar-refractivity contribution in [1.82, 2.24) is 10.6 Å². The molecule has 132 valence electrons. The fraction of sp³-hybridized carbons (Fsp3) is 0.556. The standard InChI is InChI=1S/C18H26FN3O2/c19-14-8-10-16(11-9-14)22-18(24)13-21-17(23)12-20-15-6-4-2-1-3-5-7-15/h8-11,15,20H,1-7,12-13H2,(H,21,23)(H,22,24). The number of amides is 2. The second kappa shape index (κ2) is 10.0. The summed E-state index contributed by atoms with van der Waals surface area (Å²) < 4.78 is 12.8. The van der Waals surface area contributed by atoms with Gasteiger partial charge in [-0.2, -0.15) is 0 Å². The molecule has 0 radical (unpaired) electrons. The molecule has 2 rings (SSSR count). The van der Waals surface area contributed by atoms with Crippen LogP contribution in [0.2, 0.25) is 0 Å². The molecule has 0 aliphatic heterocycles. The summed E-state index contributed by atoms with van der Waals surface area (Å²) in [6, 6.07) is 5.89. The van der Waals surface area contributed by atoms with Crippen molar-refractivity contribution in [2.75, 3.05) is 18.4 Å². The molecule has 2 amide bonds. The van der Waals surface area contributed by atoms with Crippen molar-refractivity contribution < 1.29 is 14.0 Å². The van der Waals surface area contributed by atoms with Crippen LogP contribution in [0.15, 0.2) is 24.3 Å². The Bertz CT molecular complexity index is 526. The predicted octanol–water partition coefficient (Wildman–Crippen LogP) is 2.58. The van der Waals surface area contributed by atoms with Crippen molar-refractivity contribution in [2.45, 2.75) is 51.0 Å². The summed E-state index contributed by atoms with van der Waals surface area (Å²) in [4.78, 5) is 23.6. The van der Waals surface area contributed by atoms with E-state index in [1.165, 1.54) is 56.4 Å². The van der Waals surface area contributed by atoms with E-state index in [-0.39, 0.29) is 30.7 Å². The SMILES string of the molecule is O=C(CNC1CCCCCCC1)NCC(=O)Nc1ccc(F)cc1. The zero-order valence-corrected chi connectivity index (χ0v) is 13.9. The maximum atomic E-state index is 12.8. The van der Waals surface area contributed by atoms with Gasteiger partial charge in [0.2, 0.25) is 11.8 Å². The molecule has 0 heterocycles. The number of halogens is 1. The molecule has 1 saturated carbocycles. The largest absolute Gasteiger partial charge is 0.346 e. The number of hydrogen-bond donors (Lipinski definition) is 3. The minimum atomic E-state index is -0.360. The Hall–Kier alpha value is -1.95. The Morgan fingerprint density at radius 3 is 2.21 bits per heavy atom. The number of rotatable bonds is 6. The molecule has 1 aliphatic rings. The normalized spacial score (nSPS) is 16.0. The maximum Gasteiger partial charge on any atom is 0.243 e. The highest BCUT2D eigenvalue weighted by Gasteiger charge is 2.12. The Kier molecular flexibility index (Phi) is 7.68. The Morgan fingerprint density at radius 2 is 1.54 bits per heavy atom. The number of anilines is 1. The van der Waals surface area contributed by atoms with E-state index in [0.717, 1.165) is 12.8 Å². The van der Waals surface area contributed by atoms with E-state index in [1.54, 1.807) is 0 Å². The molecule has 0 atom stereocenters. The first kappa shape index (κ1) is 18.4. The minimum absolute atomic E-state index is 0.0947. The van der Waals surface area contributed by atoms with Gasteiger partial charge in [-0.25, -0.2) is 4.39 Å². The van der Waals surface area contributed by atoms with Crippen molar-refractivity contribution >= 4 is 17.5 Å². The van der Waals surface area contributed by atoms with Crippen molar-refractivity contribution in [3.05, 3.63) is 30.1 Å². The van der Waals surface area contributed by atoms with Gasteiger partial charge in [-0.3, -0.25) is 9.59 Å². The summed E-state index contributed by atoms with van der Waals surface area (Å²) in [6.45, 7) is 0.136. The van der Waals surface area contributed by atoms with E-state index >= 15 is 0 Å². The molecule has 0 unspecified atom stereocenters. The molecule has 1 fully saturated rings. The summed E-state index contributed by atoms with van der Waals surface area (Å²) in [7, 11) is 0. The van der Waals surface area contributed by atoms with Crippen LogP contribution in [-0.2, 0) is 9.59 Å². The Morgan fingerprint density at radius 1 is 0.917 bits per heavy atom. The topological polar surface area (TPSA) is 70.2 Å². The second-order valence-electron chi connectivity index (χ2n) is 6.25. The summed E-state index contributed by atoms with van der Waals surface area (Å²) in [5, 5.41) is 8.48. The van der Waals surface area contributed by atoms with Gasteiger partial charge in [0.05, 0.1) is 13.1 Å². The van der Waals surface area contributed by atoms with E-state index in [1.807, 2.05) is 0 Å². The van der Waals surface area contributed by atoms with Crippen LogP contribution in [0.3, 0.4) is 0 Å². The van der Waals surface area contributed by atoms with Crippen LogP contribution in [-0.4, -0.2) is 30.9 Å². The number of nitrogens with one attached hydrogen (secondary N) is 3. The number of carbonyl (C=O) groups excluding carboxylic acids is 2. The number of hydrogen-bond acceptors (Lipinski definition) is 3. The highest BCUT2D eigenvalue weighted by molar-refractivity contribution is 5.94. The molecule has 6 heteroatoms. The van der Waals surface area contributed by atoms with Gasteiger partial charge in [-0.1, -0.05) is 32.1 Å². The van der Waals surface area contributed by atoms with Gasteiger partial charge in [-0.05, 0) is 37.1 Å². The van der Waals surface area contributed by atoms with E-state index in [0.29, 0.717) is 11.7 Å². The quantitative estimate of drug-likeness (QED) is 0.748. The fourth-order valence-corrected chi connectivity index (χ4v) is 2.88. The smallest absolute Gasteiger partial charge is 0.243 e. The van der Waals surface area contributed by atoms with E-state index in [4.69, 9.17) is 0 Å². The molecule has 1 aliphatic carbocycles. The molecule has 1 aromatic carbocycles. The average Bonchev–Trinajstić information content (AvgIpc) is 2.54. The van der Waals surface area contributed by atoms with E-state index in [9.17, 15) is 14.0 Å². The summed E-state index contributed by atoms with van der Waals surface area (Å²) in [5.41, 5.74) is 0.503. The zero-order chi connectivity index (χ0) is 17.2. The lowest BCUT2D eigenvalue weighted by molar-refractivity contribution is -0.123. The van der Waals surface area contributed by atoms with Crippen molar-refractivity contribution in [1.29, 1.82) is 0 Å². The molecule has 24 heavy (non-hydrogen) atoms. The highest BCUT2D eigenvalue weighted by Crippen LogP contribution is 2.16. The molecular formula is C18H26FN3O2. The third-order valence-electron chi connectivity index (χ3n) is 4.23. The van der Waals surface area contributed by atoms with Gasteiger partial charge in [0.1, 0.15) is 5.82 Å². The molecule has 0 aromatic heterocycles. The van der Waals surface area contributed by atoms with Gasteiger partial charge >= 0.3 is 0 Å². The van der Waals surface area contributed by atoms with Crippen LogP contribution in [0, 0.1) is 5.82 Å². The van der Waals surface area contributed by atoms with Crippen LogP contribution in [0.25, 0.3) is 0 Å². The fourth-order valence-electron chi connectivity index (χ4n) is 2.88. The zero-order valence-electron chi connectivity index (χ0n) is 13.9. The van der Waals surface area contributed by atoms with Gasteiger partial charge in [-0.15, -0.1) is 0 Å². The molecule has 0 bridgehead atoms. The minimum Gasteiger partial charge on any atom is -0.346 e. The highest BCUT2D eigenvalue weighted by atomic mass is 19.1. The van der Waals surface area contributed by atoms with Gasteiger partial charge in [0, 0.05) is 11.7 Å². The molecular weight excluding hydrogens is 309 g/mol. The van der Waals surface area contributed by atoms with E-state index < -0.39 is 0 Å². The first-order valence-corrected chi connectivity index (χ1v) is 8.69. The van der Waals surface area contributed by atoms with Gasteiger partial charge < -0.3 is 16.0 Å². The van der Waals surface area contributed by atoms with Crippen LogP contribution in [0.4, 0.5) is 10.1 Å². The van der Waals surface area contributed by atoms with Crippen molar-refractivity contribution in [2.24, 2.45) is 0 Å². The van der Waals surface area contributed by atoms with Gasteiger partial charge in [0.25, 0.3) is 0 Å². The summed E-state index contributed by atoms with van der Waals surface area (Å²) in [6.07, 6.45) is 8.49. The summed E-state index contributed by atoms with van der Waals surface area (Å²) >= 11 is 0. The predicted molar refractivity (Wildman–Crippen MR) is 92.1 cm³/mol.